The van der Waals surface area contributed by atoms with E-state index in [1.807, 2.05) is 18.2 Å². The molecule has 0 aliphatic carbocycles. The largest absolute Gasteiger partial charge is 0.454 e. The van der Waals surface area contributed by atoms with Crippen LogP contribution >= 0.6 is 0 Å². The first-order valence-electron chi connectivity index (χ1n) is 7.47. The number of anilines is 1. The summed E-state index contributed by atoms with van der Waals surface area (Å²) < 4.78 is 10.5. The Kier molecular flexibility index (Phi) is 4.88. The number of hydrogen-bond acceptors (Lipinski definition) is 6. The maximum absolute atomic E-state index is 11.9. The van der Waals surface area contributed by atoms with Gasteiger partial charge in [-0.1, -0.05) is 6.07 Å². The summed E-state index contributed by atoms with van der Waals surface area (Å²) in [6.07, 6.45) is 4.49. The number of rotatable bonds is 7. The third-order valence-corrected chi connectivity index (χ3v) is 3.33. The van der Waals surface area contributed by atoms with Crippen molar-refractivity contribution in [2.24, 2.45) is 0 Å². The van der Waals surface area contributed by atoms with Crippen molar-refractivity contribution in [1.29, 1.82) is 0 Å². The number of benzene rings is 1. The van der Waals surface area contributed by atoms with Gasteiger partial charge in [-0.25, -0.2) is 9.97 Å². The van der Waals surface area contributed by atoms with Gasteiger partial charge in [-0.15, -0.1) is 0 Å². The molecule has 120 valence electrons. The van der Waals surface area contributed by atoms with Gasteiger partial charge in [0.25, 0.3) is 0 Å². The van der Waals surface area contributed by atoms with E-state index in [9.17, 15) is 4.79 Å². The summed E-state index contributed by atoms with van der Waals surface area (Å²) in [6.45, 7) is 1.54. The topological polar surface area (TPSA) is 85.4 Å². The minimum Gasteiger partial charge on any atom is -0.454 e. The van der Waals surface area contributed by atoms with Crippen molar-refractivity contribution in [3.05, 3.63) is 42.2 Å². The monoisotopic (exact) mass is 314 g/mol. The number of amides is 1. The summed E-state index contributed by atoms with van der Waals surface area (Å²) in [5.41, 5.74) is 0.905. The van der Waals surface area contributed by atoms with E-state index >= 15 is 0 Å². The Morgan fingerprint density at radius 3 is 2.83 bits per heavy atom. The fraction of sp³-hybridized carbons (Fsp3) is 0.312. The van der Waals surface area contributed by atoms with Crippen LogP contribution in [-0.4, -0.2) is 35.8 Å². The highest BCUT2D eigenvalue weighted by molar-refractivity contribution is 5.78. The quantitative estimate of drug-likeness (QED) is 0.751. The van der Waals surface area contributed by atoms with Crippen LogP contribution in [0.5, 0.6) is 11.5 Å². The molecule has 1 aromatic heterocycles. The second-order valence-corrected chi connectivity index (χ2v) is 5.07. The molecule has 0 spiro atoms. The first kappa shape index (κ1) is 15.1. The minimum absolute atomic E-state index is 0.0140. The average Bonchev–Trinajstić information content (AvgIpc) is 3.03. The number of nitrogens with zero attached hydrogens (tertiary/aromatic N) is 2. The lowest BCUT2D eigenvalue weighted by Gasteiger charge is -2.07. The highest BCUT2D eigenvalue weighted by Gasteiger charge is 2.14. The Bertz CT molecular complexity index is 664. The second kappa shape index (κ2) is 7.44. The molecule has 1 aliphatic rings. The van der Waals surface area contributed by atoms with E-state index in [4.69, 9.17) is 9.47 Å². The van der Waals surface area contributed by atoms with Crippen molar-refractivity contribution in [2.45, 2.75) is 12.8 Å². The zero-order chi connectivity index (χ0) is 15.9. The predicted octanol–water partition coefficient (Wildman–Crippen LogP) is 1.37. The van der Waals surface area contributed by atoms with Crippen LogP contribution < -0.4 is 20.1 Å². The Labute approximate surface area is 134 Å². The van der Waals surface area contributed by atoms with Gasteiger partial charge in [-0.05, 0) is 30.2 Å². The number of carbonyl (C=O) groups excluding carboxylic acids is 1. The molecule has 7 heteroatoms. The molecule has 0 atom stereocenters. The maximum Gasteiger partial charge on any atom is 0.231 e. The molecule has 1 aromatic carbocycles. The molecule has 23 heavy (non-hydrogen) atoms. The van der Waals surface area contributed by atoms with Crippen molar-refractivity contribution < 1.29 is 14.3 Å². The smallest absolute Gasteiger partial charge is 0.231 e. The number of carbonyl (C=O) groups is 1. The van der Waals surface area contributed by atoms with Crippen LogP contribution in [0.15, 0.2) is 36.7 Å². The number of hydrogen-bond donors (Lipinski definition) is 2. The van der Waals surface area contributed by atoms with Crippen LogP contribution in [-0.2, 0) is 11.2 Å². The van der Waals surface area contributed by atoms with Gasteiger partial charge in [0.1, 0.15) is 0 Å². The van der Waals surface area contributed by atoms with E-state index in [2.05, 4.69) is 20.6 Å². The van der Waals surface area contributed by atoms with Crippen molar-refractivity contribution in [3.63, 3.8) is 0 Å². The Hall–Kier alpha value is -2.83. The van der Waals surface area contributed by atoms with E-state index in [1.54, 1.807) is 18.5 Å². The van der Waals surface area contributed by atoms with Crippen molar-refractivity contribution >= 4 is 11.9 Å². The molecule has 0 unspecified atom stereocenters. The van der Waals surface area contributed by atoms with Gasteiger partial charge in [-0.2, -0.15) is 0 Å². The highest BCUT2D eigenvalue weighted by atomic mass is 16.7. The molecule has 0 bridgehead atoms. The van der Waals surface area contributed by atoms with Gasteiger partial charge in [0, 0.05) is 25.5 Å². The van der Waals surface area contributed by atoms with Gasteiger partial charge >= 0.3 is 0 Å². The van der Waals surface area contributed by atoms with Crippen molar-refractivity contribution in [1.82, 2.24) is 15.3 Å². The van der Waals surface area contributed by atoms with Crippen LogP contribution in [0.2, 0.25) is 0 Å². The summed E-state index contributed by atoms with van der Waals surface area (Å²) in [5, 5.41) is 5.99. The molecular weight excluding hydrogens is 296 g/mol. The lowest BCUT2D eigenvalue weighted by Crippen LogP contribution is -2.27. The Morgan fingerprint density at radius 1 is 1.13 bits per heavy atom. The summed E-state index contributed by atoms with van der Waals surface area (Å²) in [4.78, 5) is 20.0. The second-order valence-electron chi connectivity index (χ2n) is 5.07. The van der Waals surface area contributed by atoms with E-state index in [-0.39, 0.29) is 12.7 Å². The lowest BCUT2D eigenvalue weighted by molar-refractivity contribution is -0.120. The number of ether oxygens (including phenoxy) is 2. The minimum atomic E-state index is -0.0140. The molecule has 7 nitrogen and oxygen atoms in total. The van der Waals surface area contributed by atoms with E-state index in [1.165, 1.54) is 0 Å². The lowest BCUT2D eigenvalue weighted by atomic mass is 10.1. The fourth-order valence-corrected chi connectivity index (χ4v) is 2.21. The van der Waals surface area contributed by atoms with Gasteiger partial charge < -0.3 is 20.1 Å². The Balaban J connectivity index is 1.35. The molecule has 0 radical (unpaired) electrons. The molecule has 3 rings (SSSR count). The fourth-order valence-electron chi connectivity index (χ4n) is 2.21. The number of nitrogens with one attached hydrogen (secondary N) is 2. The molecule has 0 fully saturated rings. The average molecular weight is 314 g/mol. The standard InChI is InChI=1S/C16H18N4O3/c21-15(10-12-3-4-13-14(9-12)23-11-22-13)17-5-1-6-18-16-19-7-2-8-20-16/h2-4,7-9H,1,5-6,10-11H2,(H,17,21)(H,18,19,20). The van der Waals surface area contributed by atoms with E-state index in [0.717, 1.165) is 17.7 Å². The molecule has 2 aromatic rings. The molecule has 0 saturated heterocycles. The van der Waals surface area contributed by atoms with Crippen LogP contribution in [0.1, 0.15) is 12.0 Å². The van der Waals surface area contributed by atoms with Crippen LogP contribution in [0, 0.1) is 0 Å². The predicted molar refractivity (Wildman–Crippen MR) is 84.4 cm³/mol. The normalized spacial score (nSPS) is 12.0. The van der Waals surface area contributed by atoms with Crippen molar-refractivity contribution in [2.75, 3.05) is 25.2 Å². The zero-order valence-corrected chi connectivity index (χ0v) is 12.6. The van der Waals surface area contributed by atoms with Gasteiger partial charge in [0.05, 0.1) is 6.42 Å². The van der Waals surface area contributed by atoms with E-state index < -0.39 is 0 Å². The zero-order valence-electron chi connectivity index (χ0n) is 12.6. The molecule has 0 saturated carbocycles. The maximum atomic E-state index is 11.9. The third kappa shape index (κ3) is 4.32. The molecule has 2 heterocycles. The number of fused-ring (bicyclic) bond motifs is 1. The number of aromatic nitrogens is 2. The van der Waals surface area contributed by atoms with Crippen LogP contribution in [0.3, 0.4) is 0 Å². The third-order valence-electron chi connectivity index (χ3n) is 3.33. The SMILES string of the molecule is O=C(Cc1ccc2c(c1)OCO2)NCCCNc1ncccn1. The highest BCUT2D eigenvalue weighted by Crippen LogP contribution is 2.32. The van der Waals surface area contributed by atoms with Gasteiger partial charge in [0.2, 0.25) is 18.6 Å². The van der Waals surface area contributed by atoms with Crippen LogP contribution in [0.4, 0.5) is 5.95 Å². The first-order valence-corrected chi connectivity index (χ1v) is 7.47. The van der Waals surface area contributed by atoms with Gasteiger partial charge in [0.15, 0.2) is 11.5 Å². The van der Waals surface area contributed by atoms with Crippen LogP contribution in [0.25, 0.3) is 0 Å². The molecule has 2 N–H and O–H groups in total. The van der Waals surface area contributed by atoms with Crippen molar-refractivity contribution in [3.8, 4) is 11.5 Å². The molecular formula is C16H18N4O3. The summed E-state index contributed by atoms with van der Waals surface area (Å²) in [5.74, 6) is 2.00. The molecule has 1 aliphatic heterocycles. The summed E-state index contributed by atoms with van der Waals surface area (Å²) in [7, 11) is 0. The Morgan fingerprint density at radius 2 is 1.96 bits per heavy atom. The summed E-state index contributed by atoms with van der Waals surface area (Å²) >= 11 is 0. The van der Waals surface area contributed by atoms with Gasteiger partial charge in [-0.3, -0.25) is 4.79 Å². The first-order chi connectivity index (χ1) is 11.3. The van der Waals surface area contributed by atoms with E-state index in [0.29, 0.717) is 31.2 Å². The molecule has 1 amide bonds. The summed E-state index contributed by atoms with van der Waals surface area (Å²) in [6, 6.07) is 7.31.